The number of nitrogen functional groups attached to an aromatic ring is 1. The number of methoxy groups -OCH3 is 8. The van der Waals surface area contributed by atoms with Crippen molar-refractivity contribution >= 4 is 95.5 Å². The van der Waals surface area contributed by atoms with Crippen molar-refractivity contribution in [1.82, 2.24) is 99.3 Å². The average Bonchev–Trinajstić information content (AvgIpc) is 1.50. The molecular weight excluding hydrogens is 1820 g/mol. The number of nitrogens with zero attached hydrogens (tertiary/aromatic N) is 23. The third kappa shape index (κ3) is 24.2. The Morgan fingerprint density at radius 1 is 0.375 bits per heavy atom. The van der Waals surface area contributed by atoms with Gasteiger partial charge >= 0.3 is 0 Å². The molecule has 18 aromatic rings. The zero-order chi connectivity index (χ0) is 101. The smallest absolute Gasteiger partial charge is 0.129 e. The molecule has 35 heteroatoms. The summed E-state index contributed by atoms with van der Waals surface area (Å²) in [5.41, 5.74) is 29.1. The molecule has 0 atom stereocenters. The SMILES string of the molecule is COc1cc(OC)cc(N(CC#CC2(O)CCNCC2)c2ccc3ncc(-c4cnn(C)c4)nc3c2)c1.COc1cc(OC)cc(N(CC#Cc2cc(N)nc(C)n2)c2ccc3ncc(-c4cnn(C)c4)nc3c2)c1.COc1cc(OC)cc(N(CC#Cc2ccc(C)cn2)c2ccc3ncc(-c4cnn(C)c4)nc3c2)c1.COc1cc(OC)cc(N(CCO)c2ccc3ncc(-c4c(C)nn(C)c4C)nc3c2)c1. The molecule has 5 N–H and O–H groups in total. The second-order valence-corrected chi connectivity index (χ2v) is 33.6. The van der Waals surface area contributed by atoms with Crippen molar-refractivity contribution in [2.75, 3.05) is 128 Å². The Bertz CT molecular complexity index is 7750. The highest BCUT2D eigenvalue weighted by molar-refractivity contribution is 5.88. The zero-order valence-corrected chi connectivity index (χ0v) is 82.8. The van der Waals surface area contributed by atoms with Crippen LogP contribution in [0.15, 0.2) is 232 Å². The Morgan fingerprint density at radius 2 is 0.729 bits per heavy atom. The average molecular weight is 1930 g/mol. The summed E-state index contributed by atoms with van der Waals surface area (Å²) >= 11 is 0. The van der Waals surface area contributed by atoms with Crippen LogP contribution in [0, 0.1) is 63.2 Å². The van der Waals surface area contributed by atoms with E-state index in [1.807, 2.05) is 246 Å². The first kappa shape index (κ1) is 99.2. The van der Waals surface area contributed by atoms with Gasteiger partial charge in [0, 0.05) is 212 Å². The topological polar surface area (TPSA) is 378 Å². The lowest BCUT2D eigenvalue weighted by molar-refractivity contribution is 0.0678. The number of nitrogens with one attached hydrogen (secondary N) is 1. The maximum atomic E-state index is 10.9. The van der Waals surface area contributed by atoms with E-state index in [4.69, 9.17) is 63.6 Å². The number of aliphatic hydroxyl groups is 2. The zero-order valence-electron chi connectivity index (χ0n) is 82.8. The summed E-state index contributed by atoms with van der Waals surface area (Å²) in [7, 11) is 20.5. The summed E-state index contributed by atoms with van der Waals surface area (Å²) in [6, 6.07) is 52.1. The number of hydrogen-bond donors (Lipinski definition) is 4. The molecule has 0 radical (unpaired) electrons. The molecule has 0 saturated carbocycles. The molecule has 1 saturated heterocycles. The van der Waals surface area contributed by atoms with Gasteiger partial charge in [-0.25, -0.2) is 34.9 Å². The quantitative estimate of drug-likeness (QED) is 0.0386. The van der Waals surface area contributed by atoms with Gasteiger partial charge in [-0.15, -0.1) is 0 Å². The molecular formula is C109H109N25O10. The van der Waals surface area contributed by atoms with E-state index in [0.29, 0.717) is 102 Å². The van der Waals surface area contributed by atoms with E-state index in [1.54, 1.807) is 127 Å². The van der Waals surface area contributed by atoms with Crippen LogP contribution >= 0.6 is 0 Å². The standard InChI is InChI=1S/C29H26N6O2.C28H26N8O2.C28H30N6O3.C24H27N5O3/c1-20-7-8-22(30-16-20)6-5-11-35(24-12-25(36-3)15-26(13-24)37-4)23-9-10-27-28(14-23)33-29(18-31-27)21-17-32-34(2)19-21;1-18-32-20(10-28(29)33-18)6-5-9-36(22-11-23(37-3)14-24(12-22)38-4)21-7-8-25-26(13-21)34-27(16-30-25)19-15-31-35(2)17-19;1-33-19-20(17-31-33)27-18-30-25-6-5-21(15-26(25)32-27)34(12-4-7-28(35)8-10-29-11-9-28)22-13-23(36-2)16-24(14-22)37-3;1-15-24(16(2)28(3)27-15)23-14-25-21-7-6-17(12-22(21)26-23)29(8-9-30)18-10-19(31-4)13-20(11-18)32-5/h7-10,12-19H,11H2,1-4H3;7-8,10-17H,9H2,1-4H3,(H2,29,32,33);5-6,13-19,29,35H,8-12H2,1-3H3;6-7,10-14,30H,8-9H2,1-5H3. The largest absolute Gasteiger partial charge is 0.497 e. The second kappa shape index (κ2) is 45.4. The van der Waals surface area contributed by atoms with Gasteiger partial charge in [-0.2, -0.15) is 20.4 Å². The molecule has 10 aromatic heterocycles. The fraction of sp³-hybridized carbons (Fsp3) is 0.239. The molecule has 35 nitrogen and oxygen atoms in total. The molecule has 19 rings (SSSR count). The summed E-state index contributed by atoms with van der Waals surface area (Å²) in [6.07, 6.45) is 21.2. The number of nitrogens with two attached hydrogens (primary N) is 1. The van der Waals surface area contributed by atoms with Crippen LogP contribution in [0.3, 0.4) is 0 Å². The lowest BCUT2D eigenvalue weighted by Crippen LogP contribution is -2.40. The third-order valence-corrected chi connectivity index (χ3v) is 23.7. The number of fused-ring (bicyclic) bond motifs is 4. The number of aryl methyl sites for hydroxylation is 7. The van der Waals surface area contributed by atoms with Gasteiger partial charge in [0.1, 0.15) is 74.6 Å². The molecule has 0 amide bonds. The van der Waals surface area contributed by atoms with Gasteiger partial charge in [0.05, 0.1) is 199 Å². The first-order chi connectivity index (χ1) is 69.8. The van der Waals surface area contributed by atoms with E-state index >= 15 is 0 Å². The number of hydrogen-bond acceptors (Lipinski definition) is 31. The number of anilines is 9. The van der Waals surface area contributed by atoms with E-state index in [0.717, 1.165) is 170 Å². The lowest BCUT2D eigenvalue weighted by atomic mass is 9.93. The van der Waals surface area contributed by atoms with Crippen molar-refractivity contribution in [2.24, 2.45) is 28.2 Å². The van der Waals surface area contributed by atoms with Crippen molar-refractivity contribution in [3.8, 4) is 127 Å². The van der Waals surface area contributed by atoms with Crippen LogP contribution in [0.1, 0.15) is 47.0 Å². The fourth-order valence-electron chi connectivity index (χ4n) is 16.2. The number of aromatic nitrogens is 19. The number of rotatable bonds is 25. The van der Waals surface area contributed by atoms with Crippen LogP contribution in [0.2, 0.25) is 0 Å². The number of benzene rings is 8. The van der Waals surface area contributed by atoms with Crippen molar-refractivity contribution < 1.29 is 48.1 Å². The van der Waals surface area contributed by atoms with E-state index in [2.05, 4.69) is 106 Å². The molecule has 0 spiro atoms. The summed E-state index contributed by atoms with van der Waals surface area (Å²) in [5, 5.41) is 41.1. The molecule has 1 aliphatic rings. The van der Waals surface area contributed by atoms with E-state index in [-0.39, 0.29) is 6.61 Å². The predicted molar refractivity (Wildman–Crippen MR) is 558 cm³/mol. The van der Waals surface area contributed by atoms with Gasteiger partial charge in [0.25, 0.3) is 0 Å². The minimum atomic E-state index is -0.976. The highest BCUT2D eigenvalue weighted by Crippen LogP contribution is 2.41. The minimum absolute atomic E-state index is 0.0165. The Labute approximate surface area is 833 Å². The maximum Gasteiger partial charge on any atom is 0.129 e. The summed E-state index contributed by atoms with van der Waals surface area (Å²) in [4.78, 5) is 59.0. The first-order valence-corrected chi connectivity index (χ1v) is 46.0. The maximum absolute atomic E-state index is 10.9. The van der Waals surface area contributed by atoms with Crippen LogP contribution in [-0.2, 0) is 28.2 Å². The molecule has 11 heterocycles. The number of piperidine rings is 1. The highest BCUT2D eigenvalue weighted by atomic mass is 16.5. The van der Waals surface area contributed by atoms with Gasteiger partial charge < -0.3 is 78.8 Å². The summed E-state index contributed by atoms with van der Waals surface area (Å²) < 4.78 is 51.0. The Hall–Kier alpha value is -17.9. The van der Waals surface area contributed by atoms with Gasteiger partial charge in [0.2, 0.25) is 0 Å². The molecule has 1 fully saturated rings. The van der Waals surface area contributed by atoms with Crippen molar-refractivity contribution in [2.45, 2.75) is 46.1 Å². The summed E-state index contributed by atoms with van der Waals surface area (Å²) in [5.74, 6) is 25.4. The van der Waals surface area contributed by atoms with Crippen LogP contribution in [0.5, 0.6) is 46.0 Å². The molecule has 0 unspecified atom stereocenters. The van der Waals surface area contributed by atoms with Crippen LogP contribution in [-0.4, -0.2) is 213 Å². The van der Waals surface area contributed by atoms with Crippen molar-refractivity contribution in [1.29, 1.82) is 0 Å². The number of ether oxygens (including phenoxy) is 8. The Morgan fingerprint density at radius 3 is 1.06 bits per heavy atom. The van der Waals surface area contributed by atoms with Gasteiger partial charge in [-0.1, -0.05) is 29.7 Å². The molecule has 1 aliphatic heterocycles. The first-order valence-electron chi connectivity index (χ1n) is 46.0. The monoisotopic (exact) mass is 1930 g/mol. The van der Waals surface area contributed by atoms with E-state index in [1.165, 1.54) is 0 Å². The Kier molecular flexibility index (Phi) is 31.3. The molecule has 0 bridgehead atoms. The predicted octanol–water partition coefficient (Wildman–Crippen LogP) is 16.0. The highest BCUT2D eigenvalue weighted by Gasteiger charge is 2.28. The molecule has 8 aromatic carbocycles. The van der Waals surface area contributed by atoms with E-state index in [9.17, 15) is 10.2 Å². The van der Waals surface area contributed by atoms with Crippen molar-refractivity contribution in [3.05, 3.63) is 266 Å². The minimum Gasteiger partial charge on any atom is -0.497 e. The number of aliphatic hydroxyl groups excluding tert-OH is 1. The van der Waals surface area contributed by atoms with Crippen LogP contribution < -0.4 is 68.5 Å². The van der Waals surface area contributed by atoms with Gasteiger partial charge in [0.15, 0.2) is 0 Å². The van der Waals surface area contributed by atoms with Crippen LogP contribution in [0.4, 0.5) is 51.3 Å². The normalized spacial score (nSPS) is 11.7. The lowest BCUT2D eigenvalue weighted by Gasteiger charge is -2.28. The third-order valence-electron chi connectivity index (χ3n) is 23.7. The van der Waals surface area contributed by atoms with Gasteiger partial charge in [-0.3, -0.25) is 38.7 Å². The van der Waals surface area contributed by atoms with Gasteiger partial charge in [-0.05, 0) is 150 Å². The Balaban J connectivity index is 0.000000138. The fourth-order valence-corrected chi connectivity index (χ4v) is 16.2. The molecule has 730 valence electrons. The summed E-state index contributed by atoms with van der Waals surface area (Å²) in [6.45, 7) is 10.8. The molecule has 0 aliphatic carbocycles. The number of pyridine rings is 1. The molecule has 144 heavy (non-hydrogen) atoms. The van der Waals surface area contributed by atoms with Crippen molar-refractivity contribution in [3.63, 3.8) is 0 Å². The second-order valence-electron chi connectivity index (χ2n) is 33.6. The van der Waals surface area contributed by atoms with E-state index < -0.39 is 5.60 Å². The van der Waals surface area contributed by atoms with Crippen LogP contribution in [0.25, 0.3) is 89.2 Å².